The summed E-state index contributed by atoms with van der Waals surface area (Å²) in [5.41, 5.74) is 0.853. The normalized spacial score (nSPS) is 10.2. The molecular weight excluding hydrogens is 212 g/mol. The topological polar surface area (TPSA) is 57.5 Å². The molecule has 0 radical (unpaired) electrons. The van der Waals surface area contributed by atoms with Gasteiger partial charge in [-0.3, -0.25) is 4.79 Å². The molecule has 82 valence electrons. The number of phenols is 1. The van der Waals surface area contributed by atoms with E-state index >= 15 is 0 Å². The zero-order valence-corrected chi connectivity index (χ0v) is 9.38. The SMILES string of the molecule is CSc1cccc(O)c1CCCC(=O)O. The number of carboxylic acids is 1. The Kier molecular flexibility index (Phi) is 4.49. The van der Waals surface area contributed by atoms with Crippen LogP contribution in [-0.2, 0) is 11.2 Å². The van der Waals surface area contributed by atoms with Gasteiger partial charge in [-0.2, -0.15) is 0 Å². The van der Waals surface area contributed by atoms with Gasteiger partial charge in [-0.15, -0.1) is 11.8 Å². The number of carboxylic acid groups (broad SMARTS) is 1. The van der Waals surface area contributed by atoms with Crippen LogP contribution >= 0.6 is 11.8 Å². The summed E-state index contributed by atoms with van der Waals surface area (Å²) in [6, 6.07) is 5.36. The Balaban J connectivity index is 2.70. The van der Waals surface area contributed by atoms with Crippen molar-refractivity contribution in [1.82, 2.24) is 0 Å². The molecule has 0 saturated carbocycles. The molecule has 1 aromatic rings. The minimum atomic E-state index is -0.795. The minimum Gasteiger partial charge on any atom is -0.508 e. The van der Waals surface area contributed by atoms with Gasteiger partial charge < -0.3 is 10.2 Å². The van der Waals surface area contributed by atoms with Crippen LogP contribution in [0.15, 0.2) is 23.1 Å². The van der Waals surface area contributed by atoms with Gasteiger partial charge in [0.05, 0.1) is 0 Å². The molecule has 0 saturated heterocycles. The molecule has 0 unspecified atom stereocenters. The van der Waals surface area contributed by atoms with E-state index in [2.05, 4.69) is 0 Å². The molecule has 1 rings (SSSR count). The fourth-order valence-corrected chi connectivity index (χ4v) is 2.08. The highest BCUT2D eigenvalue weighted by molar-refractivity contribution is 7.98. The molecule has 4 heteroatoms. The van der Waals surface area contributed by atoms with Crippen LogP contribution in [0, 0.1) is 0 Å². The number of aromatic hydroxyl groups is 1. The molecule has 0 amide bonds. The molecule has 15 heavy (non-hydrogen) atoms. The number of thioether (sulfide) groups is 1. The van der Waals surface area contributed by atoms with Crippen molar-refractivity contribution >= 4 is 17.7 Å². The van der Waals surface area contributed by atoms with Gasteiger partial charge in [0, 0.05) is 16.9 Å². The molecule has 0 spiro atoms. The standard InChI is InChI=1S/C11H14O3S/c1-15-10-6-3-5-9(12)8(10)4-2-7-11(13)14/h3,5-6,12H,2,4,7H2,1H3,(H,13,14). The molecular formula is C11H14O3S. The number of rotatable bonds is 5. The summed E-state index contributed by atoms with van der Waals surface area (Å²) in [4.78, 5) is 11.4. The maximum absolute atomic E-state index is 10.4. The molecule has 0 bridgehead atoms. The lowest BCUT2D eigenvalue weighted by molar-refractivity contribution is -0.137. The van der Waals surface area contributed by atoms with Crippen molar-refractivity contribution in [1.29, 1.82) is 0 Å². The Morgan fingerprint density at radius 2 is 2.20 bits per heavy atom. The first-order valence-corrected chi connectivity index (χ1v) is 5.94. The summed E-state index contributed by atoms with van der Waals surface area (Å²) in [5, 5.41) is 18.1. The first-order chi connectivity index (χ1) is 7.15. The first kappa shape index (κ1) is 11.9. The zero-order valence-electron chi connectivity index (χ0n) is 8.56. The van der Waals surface area contributed by atoms with Crippen LogP contribution in [0.25, 0.3) is 0 Å². The first-order valence-electron chi connectivity index (χ1n) is 4.71. The highest BCUT2D eigenvalue weighted by Crippen LogP contribution is 2.29. The van der Waals surface area contributed by atoms with Gasteiger partial charge in [0.25, 0.3) is 0 Å². The Labute approximate surface area is 93.1 Å². The van der Waals surface area contributed by atoms with Gasteiger partial charge in [-0.25, -0.2) is 0 Å². The van der Waals surface area contributed by atoms with E-state index in [-0.39, 0.29) is 12.2 Å². The molecule has 0 fully saturated rings. The molecule has 0 aliphatic heterocycles. The van der Waals surface area contributed by atoms with Gasteiger partial charge in [-0.05, 0) is 31.2 Å². The van der Waals surface area contributed by atoms with E-state index in [4.69, 9.17) is 5.11 Å². The predicted molar refractivity (Wildman–Crippen MR) is 60.5 cm³/mol. The number of carbonyl (C=O) groups is 1. The number of hydrogen-bond donors (Lipinski definition) is 2. The van der Waals surface area contributed by atoms with Gasteiger partial charge in [0.1, 0.15) is 5.75 Å². The molecule has 2 N–H and O–H groups in total. The van der Waals surface area contributed by atoms with E-state index in [0.29, 0.717) is 12.8 Å². The van der Waals surface area contributed by atoms with E-state index in [9.17, 15) is 9.90 Å². The van der Waals surface area contributed by atoms with E-state index in [1.807, 2.05) is 12.3 Å². The number of hydrogen-bond acceptors (Lipinski definition) is 3. The van der Waals surface area contributed by atoms with Crippen molar-refractivity contribution in [2.24, 2.45) is 0 Å². The van der Waals surface area contributed by atoms with E-state index in [1.54, 1.807) is 23.9 Å². The average Bonchev–Trinajstić information content (AvgIpc) is 2.20. The van der Waals surface area contributed by atoms with Gasteiger partial charge in [0.15, 0.2) is 0 Å². The third kappa shape index (κ3) is 3.47. The summed E-state index contributed by atoms with van der Waals surface area (Å²) in [5.74, 6) is -0.539. The summed E-state index contributed by atoms with van der Waals surface area (Å²) in [6.07, 6.45) is 3.24. The minimum absolute atomic E-state index is 0.141. The van der Waals surface area contributed by atoms with E-state index in [0.717, 1.165) is 10.5 Å². The molecule has 0 aromatic heterocycles. The molecule has 0 aliphatic carbocycles. The van der Waals surface area contributed by atoms with E-state index in [1.165, 1.54) is 0 Å². The summed E-state index contributed by atoms with van der Waals surface area (Å²) in [6.45, 7) is 0. The fourth-order valence-electron chi connectivity index (χ4n) is 1.41. The summed E-state index contributed by atoms with van der Waals surface area (Å²) >= 11 is 1.56. The van der Waals surface area contributed by atoms with Crippen LogP contribution in [0.5, 0.6) is 5.75 Å². The highest BCUT2D eigenvalue weighted by Gasteiger charge is 2.07. The van der Waals surface area contributed by atoms with Crippen molar-refractivity contribution in [3.05, 3.63) is 23.8 Å². The Bertz CT molecular complexity index is 350. The molecule has 0 aliphatic rings. The van der Waals surface area contributed by atoms with Gasteiger partial charge in [-0.1, -0.05) is 6.07 Å². The lowest BCUT2D eigenvalue weighted by Crippen LogP contribution is -1.97. The Morgan fingerprint density at radius 1 is 1.47 bits per heavy atom. The molecule has 0 heterocycles. The third-order valence-corrected chi connectivity index (χ3v) is 2.97. The monoisotopic (exact) mass is 226 g/mol. The lowest BCUT2D eigenvalue weighted by Gasteiger charge is -2.08. The maximum atomic E-state index is 10.4. The van der Waals surface area contributed by atoms with Crippen LogP contribution in [0.2, 0.25) is 0 Å². The zero-order chi connectivity index (χ0) is 11.3. The van der Waals surface area contributed by atoms with Crippen molar-refractivity contribution in [2.75, 3.05) is 6.26 Å². The molecule has 1 aromatic carbocycles. The van der Waals surface area contributed by atoms with Crippen molar-refractivity contribution in [2.45, 2.75) is 24.2 Å². The maximum Gasteiger partial charge on any atom is 0.303 e. The van der Waals surface area contributed by atoms with Crippen molar-refractivity contribution in [3.63, 3.8) is 0 Å². The third-order valence-electron chi connectivity index (χ3n) is 2.15. The second-order valence-electron chi connectivity index (χ2n) is 3.21. The lowest BCUT2D eigenvalue weighted by atomic mass is 10.1. The predicted octanol–water partition coefficient (Wildman–Crippen LogP) is 2.52. The van der Waals surface area contributed by atoms with E-state index < -0.39 is 5.97 Å². The van der Waals surface area contributed by atoms with Crippen LogP contribution < -0.4 is 0 Å². The largest absolute Gasteiger partial charge is 0.508 e. The van der Waals surface area contributed by atoms with Gasteiger partial charge in [0.2, 0.25) is 0 Å². The van der Waals surface area contributed by atoms with Crippen molar-refractivity contribution in [3.8, 4) is 5.75 Å². The average molecular weight is 226 g/mol. The fraction of sp³-hybridized carbons (Fsp3) is 0.364. The Hall–Kier alpha value is -1.16. The summed E-state index contributed by atoms with van der Waals surface area (Å²) < 4.78 is 0. The van der Waals surface area contributed by atoms with Gasteiger partial charge >= 0.3 is 5.97 Å². The number of phenolic OH excluding ortho intramolecular Hbond substituents is 1. The molecule has 0 atom stereocenters. The second-order valence-corrected chi connectivity index (χ2v) is 4.05. The van der Waals surface area contributed by atoms with Crippen LogP contribution in [-0.4, -0.2) is 22.4 Å². The van der Waals surface area contributed by atoms with Crippen LogP contribution in [0.1, 0.15) is 18.4 Å². The quantitative estimate of drug-likeness (QED) is 0.757. The smallest absolute Gasteiger partial charge is 0.303 e. The van der Waals surface area contributed by atoms with Crippen molar-refractivity contribution < 1.29 is 15.0 Å². The Morgan fingerprint density at radius 3 is 2.80 bits per heavy atom. The second kappa shape index (κ2) is 5.66. The summed E-state index contributed by atoms with van der Waals surface area (Å²) in [7, 11) is 0. The van der Waals surface area contributed by atoms with Crippen LogP contribution in [0.4, 0.5) is 0 Å². The van der Waals surface area contributed by atoms with Crippen LogP contribution in [0.3, 0.4) is 0 Å². The number of aliphatic carboxylic acids is 1. The molecule has 3 nitrogen and oxygen atoms in total. The highest BCUT2D eigenvalue weighted by atomic mass is 32.2. The number of benzene rings is 1.